The van der Waals surface area contributed by atoms with Gasteiger partial charge in [0.15, 0.2) is 5.82 Å². The van der Waals surface area contributed by atoms with Crippen molar-refractivity contribution >= 4 is 23.1 Å². The number of aromatic nitrogens is 3. The van der Waals surface area contributed by atoms with Crippen LogP contribution in [0.3, 0.4) is 0 Å². The van der Waals surface area contributed by atoms with E-state index in [9.17, 15) is 4.79 Å². The number of rotatable bonds is 5. The van der Waals surface area contributed by atoms with Crippen molar-refractivity contribution in [3.63, 3.8) is 0 Å². The maximum atomic E-state index is 11.2. The molecule has 154 valence electrons. The van der Waals surface area contributed by atoms with Crippen LogP contribution in [0.1, 0.15) is 17.5 Å². The number of hydrogen-bond donors (Lipinski definition) is 3. The first-order chi connectivity index (χ1) is 14.5. The summed E-state index contributed by atoms with van der Waals surface area (Å²) in [4.78, 5) is 17.7. The highest BCUT2D eigenvalue weighted by atomic mass is 16.6. The molecule has 3 aromatic rings. The Morgan fingerprint density at radius 2 is 2.27 bits per heavy atom. The van der Waals surface area contributed by atoms with E-state index in [0.717, 1.165) is 23.3 Å². The van der Waals surface area contributed by atoms with Gasteiger partial charge in [-0.05, 0) is 36.2 Å². The molecule has 0 spiro atoms. The molecule has 0 radical (unpaired) electrons. The molecule has 0 saturated carbocycles. The lowest BCUT2D eigenvalue weighted by atomic mass is 10.0. The van der Waals surface area contributed by atoms with Crippen LogP contribution in [0.15, 0.2) is 42.9 Å². The Balaban J connectivity index is 1.58. The van der Waals surface area contributed by atoms with Crippen molar-refractivity contribution in [1.82, 2.24) is 19.5 Å². The number of carbonyl (C=O) groups is 1. The van der Waals surface area contributed by atoms with Crippen LogP contribution in [0.4, 0.5) is 16.3 Å². The monoisotopic (exact) mass is 406 g/mol. The Bertz CT molecular complexity index is 1110. The topological polar surface area (TPSA) is 148 Å². The number of piperidine rings is 1. The number of ether oxygens (including phenoxy) is 1. The van der Waals surface area contributed by atoms with Crippen LogP contribution >= 0.6 is 0 Å². The van der Waals surface area contributed by atoms with E-state index in [0.29, 0.717) is 30.9 Å². The average Bonchev–Trinajstić information content (AvgIpc) is 3.14. The fourth-order valence-electron chi connectivity index (χ4n) is 3.70. The second-order valence-corrected chi connectivity index (χ2v) is 7.22. The van der Waals surface area contributed by atoms with Crippen LogP contribution in [0.25, 0.3) is 5.52 Å². The van der Waals surface area contributed by atoms with Crippen molar-refractivity contribution < 1.29 is 9.53 Å². The molecule has 0 unspecified atom stereocenters. The summed E-state index contributed by atoms with van der Waals surface area (Å²) in [6.45, 7) is 1.89. The van der Waals surface area contributed by atoms with Gasteiger partial charge in [-0.2, -0.15) is 10.4 Å². The Morgan fingerprint density at radius 1 is 1.40 bits per heavy atom. The second kappa shape index (κ2) is 8.36. The number of nitrogens with zero attached hydrogens (tertiary/aromatic N) is 5. The average molecular weight is 406 g/mol. The second-order valence-electron chi connectivity index (χ2n) is 7.22. The van der Waals surface area contributed by atoms with E-state index in [-0.39, 0.29) is 6.04 Å². The van der Waals surface area contributed by atoms with Crippen molar-refractivity contribution in [2.75, 3.05) is 18.4 Å². The highest BCUT2D eigenvalue weighted by molar-refractivity contribution is 5.76. The van der Waals surface area contributed by atoms with Gasteiger partial charge in [0.25, 0.3) is 0 Å². The molecule has 3 heterocycles. The van der Waals surface area contributed by atoms with Gasteiger partial charge in [-0.15, -0.1) is 0 Å². The zero-order chi connectivity index (χ0) is 21.1. The minimum Gasteiger partial charge on any atom is -0.443 e. The number of anilines is 2. The number of fused-ring (bicyclic) bond motifs is 1. The highest BCUT2D eigenvalue weighted by Crippen LogP contribution is 2.25. The summed E-state index contributed by atoms with van der Waals surface area (Å²) in [6.07, 6.45) is 2.80. The van der Waals surface area contributed by atoms with Crippen molar-refractivity contribution in [3.05, 3.63) is 54.0 Å². The van der Waals surface area contributed by atoms with E-state index in [4.69, 9.17) is 21.5 Å². The number of nitrogens with two attached hydrogens (primary N) is 2. The minimum atomic E-state index is -0.814. The van der Waals surface area contributed by atoms with Gasteiger partial charge in [-0.1, -0.05) is 6.07 Å². The highest BCUT2D eigenvalue weighted by Gasteiger charge is 2.29. The van der Waals surface area contributed by atoms with Crippen molar-refractivity contribution in [2.24, 2.45) is 11.5 Å². The molecule has 2 aromatic heterocycles. The fraction of sp³-hybridized carbons (Fsp3) is 0.300. The van der Waals surface area contributed by atoms with E-state index in [1.165, 1.54) is 6.33 Å². The van der Waals surface area contributed by atoms with Gasteiger partial charge < -0.3 is 21.5 Å². The van der Waals surface area contributed by atoms with E-state index in [1.54, 1.807) is 16.6 Å². The summed E-state index contributed by atoms with van der Waals surface area (Å²) in [5.41, 5.74) is 14.4. The molecule has 1 saturated heterocycles. The lowest BCUT2D eigenvalue weighted by molar-refractivity contribution is 0.0313. The van der Waals surface area contributed by atoms with Crippen molar-refractivity contribution in [2.45, 2.75) is 25.1 Å². The number of nitriles is 1. The van der Waals surface area contributed by atoms with E-state index in [1.807, 2.05) is 24.4 Å². The van der Waals surface area contributed by atoms with Gasteiger partial charge in [0.05, 0.1) is 11.6 Å². The zero-order valence-corrected chi connectivity index (χ0v) is 16.2. The number of likely N-dealkylation sites (tertiary alicyclic amines) is 1. The molecular formula is C20H22N8O2. The predicted octanol–water partition coefficient (Wildman–Crippen LogP) is 1.34. The third-order valence-electron chi connectivity index (χ3n) is 5.15. The third-order valence-corrected chi connectivity index (χ3v) is 5.15. The molecule has 1 aromatic carbocycles. The van der Waals surface area contributed by atoms with Gasteiger partial charge in [-0.25, -0.2) is 14.3 Å². The van der Waals surface area contributed by atoms with Gasteiger partial charge >= 0.3 is 6.09 Å². The molecule has 1 aliphatic rings. The lowest BCUT2D eigenvalue weighted by Crippen LogP contribution is -2.52. The molecular weight excluding hydrogens is 384 g/mol. The van der Waals surface area contributed by atoms with Crippen LogP contribution in [0, 0.1) is 11.3 Å². The number of benzene rings is 1. The summed E-state index contributed by atoms with van der Waals surface area (Å²) in [6, 6.07) is 11.1. The Labute approximate surface area is 173 Å². The summed E-state index contributed by atoms with van der Waals surface area (Å²) in [5.74, 6) is 0.638. The first-order valence-corrected chi connectivity index (χ1v) is 9.56. The molecule has 10 heteroatoms. The molecule has 2 atom stereocenters. The number of hydrogen-bond acceptors (Lipinski definition) is 8. The minimum absolute atomic E-state index is 0.229. The molecule has 30 heavy (non-hydrogen) atoms. The normalized spacial score (nSPS) is 19.3. The molecule has 0 bridgehead atoms. The number of carbonyl (C=O) groups excluding carboxylic acids is 1. The molecule has 4 rings (SSSR count). The van der Waals surface area contributed by atoms with Crippen LogP contribution in [0.5, 0.6) is 0 Å². The first-order valence-electron chi connectivity index (χ1n) is 9.56. The molecule has 0 aliphatic carbocycles. The summed E-state index contributed by atoms with van der Waals surface area (Å²) in [7, 11) is 0. The smallest absolute Gasteiger partial charge is 0.404 e. The van der Waals surface area contributed by atoms with E-state index >= 15 is 0 Å². The van der Waals surface area contributed by atoms with Crippen molar-refractivity contribution in [3.8, 4) is 6.07 Å². The van der Waals surface area contributed by atoms with Gasteiger partial charge in [0.2, 0.25) is 0 Å². The van der Waals surface area contributed by atoms with Gasteiger partial charge in [-0.3, -0.25) is 4.90 Å². The van der Waals surface area contributed by atoms with Crippen molar-refractivity contribution in [1.29, 1.82) is 5.26 Å². The first kappa shape index (κ1) is 19.6. The Kier molecular flexibility index (Phi) is 5.47. The maximum Gasteiger partial charge on any atom is 0.404 e. The summed E-state index contributed by atoms with van der Waals surface area (Å²) in [5, 5.41) is 16.7. The SMILES string of the molecule is N#Cc1cccc(Nc2ncnn3ccc(CN4CC[C@@H](N)[C@H](OC(N)=O)C4)c23)c1. The van der Waals surface area contributed by atoms with Gasteiger partial charge in [0, 0.05) is 37.6 Å². The predicted molar refractivity (Wildman–Crippen MR) is 110 cm³/mol. The zero-order valence-electron chi connectivity index (χ0n) is 16.2. The van der Waals surface area contributed by atoms with Gasteiger partial charge in [0.1, 0.15) is 17.9 Å². The number of nitrogens with one attached hydrogen (secondary N) is 1. The Morgan fingerprint density at radius 3 is 3.07 bits per heavy atom. The van der Waals surface area contributed by atoms with Crippen LogP contribution in [-0.2, 0) is 11.3 Å². The van der Waals surface area contributed by atoms with Crippen LogP contribution in [0.2, 0.25) is 0 Å². The summed E-state index contributed by atoms with van der Waals surface area (Å²) < 4.78 is 6.92. The quantitative estimate of drug-likeness (QED) is 0.575. The van der Waals surface area contributed by atoms with Crippen LogP contribution in [-0.4, -0.2) is 50.8 Å². The molecule has 5 N–H and O–H groups in total. The standard InChI is InChI=1S/C20H22N8O2/c21-9-13-2-1-3-15(8-13)26-19-18-14(4-7-28(18)25-12-24-19)10-27-6-5-16(22)17(11-27)30-20(23)29/h1-4,7-8,12,16-17H,5-6,10-11,22H2,(H2,23,29)(H,24,25,26)/t16-,17-/m1/s1. The number of amides is 1. The fourth-order valence-corrected chi connectivity index (χ4v) is 3.70. The Hall–Kier alpha value is -3.68. The molecule has 10 nitrogen and oxygen atoms in total. The molecule has 1 amide bonds. The summed E-state index contributed by atoms with van der Waals surface area (Å²) >= 11 is 0. The maximum absolute atomic E-state index is 11.2. The molecule has 1 fully saturated rings. The largest absolute Gasteiger partial charge is 0.443 e. The molecule has 1 aliphatic heterocycles. The van der Waals surface area contributed by atoms with Crippen LogP contribution < -0.4 is 16.8 Å². The lowest BCUT2D eigenvalue weighted by Gasteiger charge is -2.35. The number of primary amides is 1. The third kappa shape index (κ3) is 4.17. The van der Waals surface area contributed by atoms with E-state index < -0.39 is 12.2 Å². The van der Waals surface area contributed by atoms with E-state index in [2.05, 4.69) is 26.4 Å².